The Labute approximate surface area is 192 Å². The van der Waals surface area contributed by atoms with Crippen LogP contribution in [0.3, 0.4) is 0 Å². The highest BCUT2D eigenvalue weighted by Crippen LogP contribution is 2.21. The molecule has 12 heteroatoms. The van der Waals surface area contributed by atoms with Gasteiger partial charge in [0.15, 0.2) is 5.69 Å². The molecule has 3 aromatic rings. The Morgan fingerprint density at radius 3 is 2.67 bits per heavy atom. The van der Waals surface area contributed by atoms with E-state index >= 15 is 0 Å². The average molecular weight is 472 g/mol. The molecular weight excluding hydrogens is 446 g/mol. The first-order valence-electron chi connectivity index (χ1n) is 10.5. The molecule has 2 N–H and O–H groups in total. The number of carbonyl (C=O) groups excluding carboxylic acids is 1. The Morgan fingerprint density at radius 2 is 1.88 bits per heavy atom. The molecule has 1 amide bonds. The van der Waals surface area contributed by atoms with E-state index in [9.17, 15) is 13.2 Å². The fourth-order valence-electron chi connectivity index (χ4n) is 3.44. The Balaban J connectivity index is 1.39. The number of hydrogen-bond acceptors (Lipinski definition) is 9. The van der Waals surface area contributed by atoms with Crippen LogP contribution < -0.4 is 14.9 Å². The summed E-state index contributed by atoms with van der Waals surface area (Å²) < 4.78 is 34.3. The van der Waals surface area contributed by atoms with Gasteiger partial charge in [-0.25, -0.2) is 14.7 Å². The zero-order valence-electron chi connectivity index (χ0n) is 18.4. The van der Waals surface area contributed by atoms with Gasteiger partial charge in [0.25, 0.3) is 11.9 Å². The van der Waals surface area contributed by atoms with E-state index in [2.05, 4.69) is 25.0 Å². The van der Waals surface area contributed by atoms with Crippen molar-refractivity contribution in [2.75, 3.05) is 36.4 Å². The summed E-state index contributed by atoms with van der Waals surface area (Å²) in [7, 11) is -4.06. The molecule has 1 aliphatic rings. The standard InChI is InChI=1S/C21H25N7O4S/c1-15-5-6-16(2)17(13-15)24-21-25-18(14-32-21)19(29)26-33(30,31)28-10-4-9-27(11-12-28)20-22-7-3-8-23-20/h3,5-8,13-14H,4,9-12H2,1-2H3,(H,24,25)(H,26,29). The van der Waals surface area contributed by atoms with Crippen molar-refractivity contribution in [2.24, 2.45) is 0 Å². The Morgan fingerprint density at radius 1 is 1.09 bits per heavy atom. The fourth-order valence-corrected chi connectivity index (χ4v) is 4.60. The van der Waals surface area contributed by atoms with Crippen LogP contribution >= 0.6 is 0 Å². The van der Waals surface area contributed by atoms with Crippen LogP contribution in [0.25, 0.3) is 0 Å². The highest BCUT2D eigenvalue weighted by Gasteiger charge is 2.28. The molecule has 0 saturated carbocycles. The first kappa shape index (κ1) is 22.7. The molecule has 33 heavy (non-hydrogen) atoms. The summed E-state index contributed by atoms with van der Waals surface area (Å²) in [5.41, 5.74) is 2.67. The molecule has 11 nitrogen and oxygen atoms in total. The molecule has 1 saturated heterocycles. The number of aryl methyl sites for hydroxylation is 2. The summed E-state index contributed by atoms with van der Waals surface area (Å²) in [5, 5.41) is 3.01. The van der Waals surface area contributed by atoms with Gasteiger partial charge in [-0.2, -0.15) is 17.7 Å². The summed E-state index contributed by atoms with van der Waals surface area (Å²) >= 11 is 0. The van der Waals surface area contributed by atoms with E-state index in [1.807, 2.05) is 36.9 Å². The van der Waals surface area contributed by atoms with Gasteiger partial charge in [0.05, 0.1) is 0 Å². The lowest BCUT2D eigenvalue weighted by Gasteiger charge is -2.21. The van der Waals surface area contributed by atoms with Crippen LogP contribution in [0.5, 0.6) is 0 Å². The quantitative estimate of drug-likeness (QED) is 0.554. The number of carbonyl (C=O) groups is 1. The second-order valence-electron chi connectivity index (χ2n) is 7.71. The minimum Gasteiger partial charge on any atom is -0.431 e. The number of nitrogens with one attached hydrogen (secondary N) is 2. The smallest absolute Gasteiger partial charge is 0.304 e. The highest BCUT2D eigenvalue weighted by atomic mass is 32.2. The van der Waals surface area contributed by atoms with E-state index in [-0.39, 0.29) is 24.8 Å². The number of aromatic nitrogens is 3. The van der Waals surface area contributed by atoms with Gasteiger partial charge in [0.2, 0.25) is 5.95 Å². The van der Waals surface area contributed by atoms with Crippen molar-refractivity contribution in [3.63, 3.8) is 0 Å². The Hall–Kier alpha value is -3.51. The van der Waals surface area contributed by atoms with Crippen molar-refractivity contribution < 1.29 is 17.6 Å². The molecule has 0 radical (unpaired) electrons. The molecular formula is C21H25N7O4S. The fraction of sp³-hybridized carbons (Fsp3) is 0.333. The molecule has 0 aliphatic carbocycles. The van der Waals surface area contributed by atoms with E-state index in [1.165, 1.54) is 4.31 Å². The third kappa shape index (κ3) is 5.46. The zero-order valence-corrected chi connectivity index (χ0v) is 19.2. The number of benzene rings is 1. The maximum atomic E-state index is 12.8. The van der Waals surface area contributed by atoms with Gasteiger partial charge in [0.1, 0.15) is 6.26 Å². The number of rotatable bonds is 6. The van der Waals surface area contributed by atoms with E-state index in [0.717, 1.165) is 23.1 Å². The number of anilines is 3. The molecule has 2 aromatic heterocycles. The number of amides is 1. The summed E-state index contributed by atoms with van der Waals surface area (Å²) in [6, 6.07) is 7.68. The monoisotopic (exact) mass is 471 g/mol. The lowest BCUT2D eigenvalue weighted by Crippen LogP contribution is -2.45. The van der Waals surface area contributed by atoms with Crippen molar-refractivity contribution in [3.05, 3.63) is 59.7 Å². The Bertz CT molecular complexity index is 1230. The lowest BCUT2D eigenvalue weighted by atomic mass is 10.1. The van der Waals surface area contributed by atoms with Crippen molar-refractivity contribution in [1.82, 2.24) is 24.0 Å². The molecule has 3 heterocycles. The normalized spacial score (nSPS) is 15.2. The third-order valence-electron chi connectivity index (χ3n) is 5.22. The van der Waals surface area contributed by atoms with E-state index < -0.39 is 16.1 Å². The molecule has 174 valence electrons. The molecule has 1 aliphatic heterocycles. The largest absolute Gasteiger partial charge is 0.431 e. The zero-order chi connectivity index (χ0) is 23.4. The topological polar surface area (TPSA) is 134 Å². The van der Waals surface area contributed by atoms with Gasteiger partial charge < -0.3 is 14.6 Å². The van der Waals surface area contributed by atoms with Crippen molar-refractivity contribution in [3.8, 4) is 0 Å². The second-order valence-corrected chi connectivity index (χ2v) is 9.38. The van der Waals surface area contributed by atoms with Crippen LogP contribution in [0.15, 0.2) is 47.3 Å². The second kappa shape index (κ2) is 9.55. The first-order chi connectivity index (χ1) is 15.8. The van der Waals surface area contributed by atoms with Crippen LogP contribution in [0.2, 0.25) is 0 Å². The summed E-state index contributed by atoms with van der Waals surface area (Å²) in [4.78, 5) is 27.0. The van der Waals surface area contributed by atoms with Gasteiger partial charge >= 0.3 is 10.2 Å². The average Bonchev–Trinajstić information content (AvgIpc) is 3.11. The van der Waals surface area contributed by atoms with Crippen molar-refractivity contribution in [1.29, 1.82) is 0 Å². The van der Waals surface area contributed by atoms with E-state index in [0.29, 0.717) is 25.5 Å². The van der Waals surface area contributed by atoms with Crippen molar-refractivity contribution in [2.45, 2.75) is 20.3 Å². The lowest BCUT2D eigenvalue weighted by molar-refractivity contribution is 0.0974. The van der Waals surface area contributed by atoms with Crippen LogP contribution in [-0.4, -0.2) is 59.8 Å². The number of nitrogens with zero attached hydrogens (tertiary/aromatic N) is 5. The predicted molar refractivity (Wildman–Crippen MR) is 123 cm³/mol. The van der Waals surface area contributed by atoms with Gasteiger partial charge in [-0.15, -0.1) is 0 Å². The van der Waals surface area contributed by atoms with Crippen molar-refractivity contribution >= 4 is 33.8 Å². The molecule has 0 unspecified atom stereocenters. The third-order valence-corrected chi connectivity index (χ3v) is 6.71. The summed E-state index contributed by atoms with van der Waals surface area (Å²) in [6.07, 6.45) is 4.98. The van der Waals surface area contributed by atoms with Gasteiger partial charge in [-0.05, 0) is 43.5 Å². The molecule has 1 aromatic carbocycles. The number of oxazole rings is 1. The molecule has 0 bridgehead atoms. The highest BCUT2D eigenvalue weighted by molar-refractivity contribution is 7.87. The van der Waals surface area contributed by atoms with E-state index in [1.54, 1.807) is 18.5 Å². The molecule has 0 spiro atoms. The van der Waals surface area contributed by atoms with Gasteiger partial charge in [-0.1, -0.05) is 12.1 Å². The minimum atomic E-state index is -4.06. The van der Waals surface area contributed by atoms with Gasteiger partial charge in [-0.3, -0.25) is 4.79 Å². The van der Waals surface area contributed by atoms with E-state index in [4.69, 9.17) is 4.42 Å². The van der Waals surface area contributed by atoms with Crippen LogP contribution in [0, 0.1) is 13.8 Å². The van der Waals surface area contributed by atoms with Crippen LogP contribution in [-0.2, 0) is 10.2 Å². The summed E-state index contributed by atoms with van der Waals surface area (Å²) in [5.74, 6) is -0.312. The maximum Gasteiger partial charge on any atom is 0.304 e. The first-order valence-corrected chi connectivity index (χ1v) is 11.9. The number of hydrogen-bond donors (Lipinski definition) is 2. The SMILES string of the molecule is Cc1ccc(C)c(Nc2nc(C(=O)NS(=O)(=O)N3CCCN(c4ncccn4)CC3)co2)c1. The van der Waals surface area contributed by atoms with Gasteiger partial charge in [0, 0.05) is 44.3 Å². The Kier molecular flexibility index (Phi) is 6.56. The molecule has 1 fully saturated rings. The molecule has 4 rings (SSSR count). The molecule has 0 atom stereocenters. The summed E-state index contributed by atoms with van der Waals surface area (Å²) in [6.45, 7) is 5.37. The maximum absolute atomic E-state index is 12.8. The van der Waals surface area contributed by atoms with Crippen LogP contribution in [0.1, 0.15) is 28.0 Å². The predicted octanol–water partition coefficient (Wildman–Crippen LogP) is 2.01. The minimum absolute atomic E-state index is 0.0968. The van der Waals surface area contributed by atoms with Crippen LogP contribution in [0.4, 0.5) is 17.7 Å².